The van der Waals surface area contributed by atoms with Crippen LogP contribution < -0.4 is 5.32 Å². The van der Waals surface area contributed by atoms with E-state index < -0.39 is 0 Å². The van der Waals surface area contributed by atoms with Crippen molar-refractivity contribution in [1.29, 1.82) is 0 Å². The Bertz CT molecular complexity index is 640. The number of hydrogen-bond donors (Lipinski definition) is 1. The van der Waals surface area contributed by atoms with E-state index in [1.165, 1.54) is 22.5 Å². The van der Waals surface area contributed by atoms with Crippen molar-refractivity contribution in [2.24, 2.45) is 0 Å². The van der Waals surface area contributed by atoms with E-state index in [0.29, 0.717) is 0 Å². The number of fused-ring (bicyclic) bond motifs is 1. The maximum Gasteiger partial charge on any atom is 0.133 e. The van der Waals surface area contributed by atoms with Gasteiger partial charge in [-0.2, -0.15) is 0 Å². The van der Waals surface area contributed by atoms with Gasteiger partial charge in [-0.3, -0.25) is 0 Å². The smallest absolute Gasteiger partial charge is 0.133 e. The van der Waals surface area contributed by atoms with Crippen LogP contribution in [-0.4, -0.2) is 16.5 Å². The van der Waals surface area contributed by atoms with Crippen molar-refractivity contribution >= 4 is 15.9 Å². The van der Waals surface area contributed by atoms with Crippen LogP contribution in [0.15, 0.2) is 28.7 Å². The Balaban J connectivity index is 1.95. The lowest BCUT2D eigenvalue weighted by Crippen LogP contribution is -2.27. The van der Waals surface area contributed by atoms with E-state index in [-0.39, 0.29) is 0 Å². The zero-order valence-electron chi connectivity index (χ0n) is 12.3. The van der Waals surface area contributed by atoms with Gasteiger partial charge in [0.1, 0.15) is 5.82 Å². The number of benzene rings is 1. The van der Waals surface area contributed by atoms with Gasteiger partial charge in [-0.15, -0.1) is 0 Å². The molecular formula is C17H20BrN3. The molecule has 2 aromatic rings. The molecule has 0 fully saturated rings. The molecule has 0 saturated heterocycles. The molecule has 0 unspecified atom stereocenters. The monoisotopic (exact) mass is 345 g/mol. The van der Waals surface area contributed by atoms with Crippen molar-refractivity contribution in [2.75, 3.05) is 6.54 Å². The molecule has 3 rings (SSSR count). The minimum absolute atomic E-state index is 0.791. The van der Waals surface area contributed by atoms with Crippen LogP contribution in [0.25, 0.3) is 0 Å². The molecule has 0 aliphatic carbocycles. The summed E-state index contributed by atoms with van der Waals surface area (Å²) in [6.45, 7) is 4.14. The van der Waals surface area contributed by atoms with Gasteiger partial charge in [0.2, 0.25) is 0 Å². The first-order valence-corrected chi connectivity index (χ1v) is 8.39. The van der Waals surface area contributed by atoms with Gasteiger partial charge < -0.3 is 5.32 Å². The number of nitrogens with one attached hydrogen (secondary N) is 1. The Morgan fingerprint density at radius 3 is 2.90 bits per heavy atom. The number of hydrogen-bond acceptors (Lipinski definition) is 3. The van der Waals surface area contributed by atoms with E-state index in [9.17, 15) is 0 Å². The molecule has 2 heterocycles. The fraction of sp³-hybridized carbons (Fsp3) is 0.412. The second-order valence-electron chi connectivity index (χ2n) is 5.46. The molecule has 0 spiro atoms. The molecule has 0 radical (unpaired) electrons. The molecule has 1 aliphatic heterocycles. The maximum absolute atomic E-state index is 4.84. The van der Waals surface area contributed by atoms with Crippen LogP contribution in [-0.2, 0) is 25.8 Å². The third-order valence-electron chi connectivity index (χ3n) is 3.86. The molecule has 0 amide bonds. The molecule has 1 aliphatic rings. The Hall–Kier alpha value is -1.26. The summed E-state index contributed by atoms with van der Waals surface area (Å²) in [5, 5.41) is 3.43. The molecule has 110 valence electrons. The van der Waals surface area contributed by atoms with Crippen LogP contribution in [0.4, 0.5) is 0 Å². The Labute approximate surface area is 134 Å². The summed E-state index contributed by atoms with van der Waals surface area (Å²) in [7, 11) is 0. The van der Waals surface area contributed by atoms with E-state index in [1.807, 2.05) is 6.07 Å². The normalized spacial score (nSPS) is 14.0. The Morgan fingerprint density at radius 1 is 1.24 bits per heavy atom. The average molecular weight is 346 g/mol. The molecule has 0 atom stereocenters. The van der Waals surface area contributed by atoms with Crippen molar-refractivity contribution in [1.82, 2.24) is 15.3 Å². The van der Waals surface area contributed by atoms with Crippen molar-refractivity contribution in [3.8, 4) is 0 Å². The molecule has 3 nitrogen and oxygen atoms in total. The molecule has 4 heteroatoms. The summed E-state index contributed by atoms with van der Waals surface area (Å²) in [5.41, 5.74) is 5.05. The summed E-state index contributed by atoms with van der Waals surface area (Å²) in [4.78, 5) is 9.66. The number of aryl methyl sites for hydroxylation is 1. The lowest BCUT2D eigenvalue weighted by atomic mass is 10.0. The second kappa shape index (κ2) is 6.67. The molecule has 1 N–H and O–H groups in total. The summed E-state index contributed by atoms with van der Waals surface area (Å²) in [5.74, 6) is 0.950. The number of nitrogens with zero attached hydrogens (tertiary/aromatic N) is 2. The van der Waals surface area contributed by atoms with Crippen LogP contribution in [0, 0.1) is 0 Å². The molecule has 1 aromatic carbocycles. The van der Waals surface area contributed by atoms with Crippen LogP contribution >= 0.6 is 15.9 Å². The minimum Gasteiger partial charge on any atom is -0.312 e. The zero-order valence-corrected chi connectivity index (χ0v) is 13.9. The summed E-state index contributed by atoms with van der Waals surface area (Å²) < 4.78 is 1.13. The molecule has 0 saturated carbocycles. The van der Waals surface area contributed by atoms with Gasteiger partial charge in [-0.05, 0) is 18.1 Å². The number of rotatable bonds is 4. The second-order valence-corrected chi connectivity index (χ2v) is 6.31. The molecule has 21 heavy (non-hydrogen) atoms. The summed E-state index contributed by atoms with van der Waals surface area (Å²) >= 11 is 3.61. The van der Waals surface area contributed by atoms with Crippen molar-refractivity contribution < 1.29 is 0 Å². The van der Waals surface area contributed by atoms with Gasteiger partial charge in [0, 0.05) is 41.7 Å². The summed E-state index contributed by atoms with van der Waals surface area (Å²) in [6.07, 6.45) is 3.96. The SMILES string of the molecule is CCCc1nc(Cc2ccccc2Br)nc2c1CNCC2. The zero-order chi connectivity index (χ0) is 14.7. The lowest BCUT2D eigenvalue weighted by Gasteiger charge is -2.20. The van der Waals surface area contributed by atoms with Gasteiger partial charge in [0.05, 0.1) is 5.69 Å². The largest absolute Gasteiger partial charge is 0.312 e. The molecular weight excluding hydrogens is 326 g/mol. The first-order chi connectivity index (χ1) is 10.3. The van der Waals surface area contributed by atoms with Crippen LogP contribution in [0.2, 0.25) is 0 Å². The topological polar surface area (TPSA) is 37.8 Å². The van der Waals surface area contributed by atoms with Gasteiger partial charge in [0.25, 0.3) is 0 Å². The summed E-state index contributed by atoms with van der Waals surface area (Å²) in [6, 6.07) is 8.31. The van der Waals surface area contributed by atoms with Crippen molar-refractivity contribution in [2.45, 2.75) is 39.2 Å². The predicted molar refractivity (Wildman–Crippen MR) is 88.4 cm³/mol. The fourth-order valence-corrected chi connectivity index (χ4v) is 3.23. The molecule has 0 bridgehead atoms. The number of aromatic nitrogens is 2. The van der Waals surface area contributed by atoms with Crippen LogP contribution in [0.3, 0.4) is 0 Å². The van der Waals surface area contributed by atoms with Crippen LogP contribution in [0.5, 0.6) is 0 Å². The van der Waals surface area contributed by atoms with Crippen molar-refractivity contribution in [3.05, 3.63) is 57.1 Å². The van der Waals surface area contributed by atoms with E-state index in [1.54, 1.807) is 0 Å². The standard InChI is InChI=1S/C17H20BrN3/c1-2-5-15-13-11-19-9-8-16(13)21-17(20-15)10-12-6-3-4-7-14(12)18/h3-4,6-7,19H,2,5,8-11H2,1H3. The van der Waals surface area contributed by atoms with E-state index >= 15 is 0 Å². The Morgan fingerprint density at radius 2 is 2.10 bits per heavy atom. The van der Waals surface area contributed by atoms with Gasteiger partial charge in [0.15, 0.2) is 0 Å². The average Bonchev–Trinajstić information content (AvgIpc) is 2.50. The van der Waals surface area contributed by atoms with Crippen molar-refractivity contribution in [3.63, 3.8) is 0 Å². The minimum atomic E-state index is 0.791. The highest BCUT2D eigenvalue weighted by atomic mass is 79.9. The van der Waals surface area contributed by atoms with E-state index in [4.69, 9.17) is 9.97 Å². The highest BCUT2D eigenvalue weighted by Gasteiger charge is 2.17. The fourth-order valence-electron chi connectivity index (χ4n) is 2.80. The highest BCUT2D eigenvalue weighted by Crippen LogP contribution is 2.21. The van der Waals surface area contributed by atoms with Crippen LogP contribution in [0.1, 0.15) is 41.7 Å². The van der Waals surface area contributed by atoms with E-state index in [2.05, 4.69) is 46.4 Å². The first-order valence-electron chi connectivity index (χ1n) is 7.59. The van der Waals surface area contributed by atoms with Gasteiger partial charge in [-0.1, -0.05) is 47.5 Å². The third-order valence-corrected chi connectivity index (χ3v) is 4.63. The number of halogens is 1. The predicted octanol–water partition coefficient (Wildman–Crippen LogP) is 3.43. The Kier molecular flexibility index (Phi) is 4.66. The maximum atomic E-state index is 4.84. The quantitative estimate of drug-likeness (QED) is 0.922. The highest BCUT2D eigenvalue weighted by molar-refractivity contribution is 9.10. The first kappa shape index (κ1) is 14.7. The van der Waals surface area contributed by atoms with E-state index in [0.717, 1.165) is 49.1 Å². The van der Waals surface area contributed by atoms with Gasteiger partial charge in [-0.25, -0.2) is 9.97 Å². The molecule has 1 aromatic heterocycles. The lowest BCUT2D eigenvalue weighted by molar-refractivity contribution is 0.608. The van der Waals surface area contributed by atoms with Gasteiger partial charge >= 0.3 is 0 Å². The third kappa shape index (κ3) is 3.33.